The Morgan fingerprint density at radius 1 is 1.00 bits per heavy atom. The lowest BCUT2D eigenvalue weighted by Crippen LogP contribution is -2.06. The van der Waals surface area contributed by atoms with E-state index in [9.17, 15) is 0 Å². The quantitative estimate of drug-likeness (QED) is 0.619. The van der Waals surface area contributed by atoms with Gasteiger partial charge in [0, 0.05) is 20.0 Å². The van der Waals surface area contributed by atoms with E-state index in [0.717, 1.165) is 37.8 Å². The maximum absolute atomic E-state index is 5.15. The highest BCUT2D eigenvalue weighted by atomic mass is 79.9. The summed E-state index contributed by atoms with van der Waals surface area (Å²) in [4.78, 5) is 0. The second-order valence-corrected chi connectivity index (χ2v) is 6.89. The van der Waals surface area contributed by atoms with Crippen molar-refractivity contribution < 1.29 is 4.74 Å². The minimum absolute atomic E-state index is 0.866. The molecule has 106 valence electrons. The third kappa shape index (κ3) is 4.24. The van der Waals surface area contributed by atoms with Crippen molar-refractivity contribution in [2.24, 2.45) is 0 Å². The zero-order chi connectivity index (χ0) is 14.5. The molecule has 0 bridgehead atoms. The van der Waals surface area contributed by atoms with Crippen LogP contribution in [0.5, 0.6) is 5.75 Å². The van der Waals surface area contributed by atoms with Crippen LogP contribution in [0.4, 0.5) is 5.69 Å². The van der Waals surface area contributed by atoms with Crippen LogP contribution in [0.3, 0.4) is 0 Å². The van der Waals surface area contributed by atoms with Crippen molar-refractivity contribution >= 4 is 53.5 Å². The Morgan fingerprint density at radius 3 is 2.15 bits per heavy atom. The second kappa shape index (κ2) is 7.48. The molecule has 0 heterocycles. The van der Waals surface area contributed by atoms with Gasteiger partial charge in [0.15, 0.2) is 0 Å². The molecule has 2 nitrogen and oxygen atoms in total. The van der Waals surface area contributed by atoms with Crippen molar-refractivity contribution in [1.29, 1.82) is 0 Å². The van der Waals surface area contributed by atoms with E-state index in [0.29, 0.717) is 0 Å². The predicted molar refractivity (Wildman–Crippen MR) is 94.7 cm³/mol. The number of methoxy groups -OCH3 is 1. The zero-order valence-corrected chi connectivity index (χ0v) is 15.7. The molecule has 0 amide bonds. The average Bonchev–Trinajstić information content (AvgIpc) is 2.42. The molecule has 20 heavy (non-hydrogen) atoms. The molecule has 2 aromatic carbocycles. The monoisotopic (exact) mass is 461 g/mol. The van der Waals surface area contributed by atoms with Gasteiger partial charge in [0.25, 0.3) is 0 Å². The minimum atomic E-state index is 0.866. The summed E-state index contributed by atoms with van der Waals surface area (Å²) in [5.74, 6) is 0.889. The Bertz CT molecular complexity index is 561. The van der Waals surface area contributed by atoms with E-state index in [2.05, 4.69) is 65.2 Å². The Morgan fingerprint density at radius 2 is 1.60 bits per heavy atom. The summed E-state index contributed by atoms with van der Waals surface area (Å²) >= 11 is 10.6. The first-order chi connectivity index (χ1) is 9.60. The van der Waals surface area contributed by atoms with Gasteiger partial charge >= 0.3 is 0 Å². The molecule has 5 heteroatoms. The van der Waals surface area contributed by atoms with Crippen LogP contribution in [0.25, 0.3) is 0 Å². The molecule has 0 atom stereocenters. The molecular weight excluding hydrogens is 450 g/mol. The smallest absolute Gasteiger partial charge is 0.118 e. The molecular formula is C15H14Br3NO. The van der Waals surface area contributed by atoms with Gasteiger partial charge in [0.2, 0.25) is 0 Å². The Hall–Kier alpha value is -0.520. The van der Waals surface area contributed by atoms with Gasteiger partial charge in [-0.05, 0) is 68.1 Å². The number of nitrogens with one attached hydrogen (secondary N) is 1. The van der Waals surface area contributed by atoms with Crippen LogP contribution < -0.4 is 10.1 Å². The van der Waals surface area contributed by atoms with Gasteiger partial charge in [-0.2, -0.15) is 0 Å². The molecule has 0 aliphatic rings. The fourth-order valence-electron chi connectivity index (χ4n) is 1.84. The third-order valence-corrected chi connectivity index (χ3v) is 4.59. The molecule has 0 saturated carbocycles. The van der Waals surface area contributed by atoms with Crippen LogP contribution in [-0.4, -0.2) is 13.7 Å². The highest BCUT2D eigenvalue weighted by Crippen LogP contribution is 2.34. The van der Waals surface area contributed by atoms with Crippen LogP contribution in [0.1, 0.15) is 5.56 Å². The van der Waals surface area contributed by atoms with E-state index in [1.807, 2.05) is 24.3 Å². The minimum Gasteiger partial charge on any atom is -0.497 e. The predicted octanol–water partition coefficient (Wildman–Crippen LogP) is 5.64. The van der Waals surface area contributed by atoms with Crippen LogP contribution in [-0.2, 0) is 6.42 Å². The standard InChI is InChI=1S/C15H14Br3NO/c1-20-12-4-2-10(3-5-12)6-7-19-15-13(17)8-11(16)9-14(15)18/h2-5,8-9,19H,6-7H2,1H3. The molecule has 2 rings (SSSR count). The lowest BCUT2D eigenvalue weighted by atomic mass is 10.1. The van der Waals surface area contributed by atoms with E-state index >= 15 is 0 Å². The summed E-state index contributed by atoms with van der Waals surface area (Å²) in [6.45, 7) is 0.866. The number of anilines is 1. The SMILES string of the molecule is COc1ccc(CCNc2c(Br)cc(Br)cc2Br)cc1. The highest BCUT2D eigenvalue weighted by Gasteiger charge is 2.06. The maximum atomic E-state index is 5.15. The van der Waals surface area contributed by atoms with Gasteiger partial charge < -0.3 is 10.1 Å². The van der Waals surface area contributed by atoms with Crippen molar-refractivity contribution in [2.75, 3.05) is 19.0 Å². The number of benzene rings is 2. The molecule has 0 saturated heterocycles. The largest absolute Gasteiger partial charge is 0.497 e. The number of ether oxygens (including phenoxy) is 1. The molecule has 0 spiro atoms. The Kier molecular flexibility index (Phi) is 5.93. The van der Waals surface area contributed by atoms with Crippen molar-refractivity contribution in [2.45, 2.75) is 6.42 Å². The first-order valence-electron chi connectivity index (χ1n) is 6.11. The molecule has 2 aromatic rings. The maximum Gasteiger partial charge on any atom is 0.118 e. The van der Waals surface area contributed by atoms with Gasteiger partial charge in [-0.3, -0.25) is 0 Å². The number of hydrogen-bond acceptors (Lipinski definition) is 2. The molecule has 1 N–H and O–H groups in total. The van der Waals surface area contributed by atoms with Gasteiger partial charge in [-0.25, -0.2) is 0 Å². The summed E-state index contributed by atoms with van der Waals surface area (Å²) in [7, 11) is 1.68. The van der Waals surface area contributed by atoms with Gasteiger partial charge in [-0.15, -0.1) is 0 Å². The van der Waals surface area contributed by atoms with E-state index < -0.39 is 0 Å². The molecule has 0 aliphatic heterocycles. The van der Waals surface area contributed by atoms with Gasteiger partial charge in [0.05, 0.1) is 12.8 Å². The first-order valence-corrected chi connectivity index (χ1v) is 8.49. The summed E-state index contributed by atoms with van der Waals surface area (Å²) in [6.07, 6.45) is 0.957. The topological polar surface area (TPSA) is 21.3 Å². The van der Waals surface area contributed by atoms with Crippen LogP contribution in [0.2, 0.25) is 0 Å². The van der Waals surface area contributed by atoms with Gasteiger partial charge in [0.1, 0.15) is 5.75 Å². The Balaban J connectivity index is 1.95. The molecule has 0 fully saturated rings. The highest BCUT2D eigenvalue weighted by molar-refractivity contribution is 9.11. The summed E-state index contributed by atoms with van der Waals surface area (Å²) < 4.78 is 8.26. The van der Waals surface area contributed by atoms with E-state index in [1.165, 1.54) is 5.56 Å². The number of hydrogen-bond donors (Lipinski definition) is 1. The summed E-state index contributed by atoms with van der Waals surface area (Å²) in [5, 5.41) is 3.44. The normalized spacial score (nSPS) is 10.4. The fourth-order valence-corrected chi connectivity index (χ4v) is 4.37. The number of rotatable bonds is 5. The molecule has 0 aliphatic carbocycles. The van der Waals surface area contributed by atoms with E-state index in [4.69, 9.17) is 4.74 Å². The van der Waals surface area contributed by atoms with Crippen LogP contribution >= 0.6 is 47.8 Å². The summed E-state index contributed by atoms with van der Waals surface area (Å²) in [6, 6.07) is 12.2. The van der Waals surface area contributed by atoms with Crippen molar-refractivity contribution in [3.05, 3.63) is 55.4 Å². The number of halogens is 3. The average molecular weight is 464 g/mol. The van der Waals surface area contributed by atoms with Crippen LogP contribution in [0.15, 0.2) is 49.8 Å². The molecule has 0 radical (unpaired) electrons. The van der Waals surface area contributed by atoms with Crippen LogP contribution in [0, 0.1) is 0 Å². The lowest BCUT2D eigenvalue weighted by Gasteiger charge is -2.11. The molecule has 0 aromatic heterocycles. The molecule has 0 unspecified atom stereocenters. The second-order valence-electron chi connectivity index (χ2n) is 4.27. The van der Waals surface area contributed by atoms with Crippen molar-refractivity contribution in [3.63, 3.8) is 0 Å². The lowest BCUT2D eigenvalue weighted by molar-refractivity contribution is 0.414. The van der Waals surface area contributed by atoms with Crippen molar-refractivity contribution in [1.82, 2.24) is 0 Å². The fraction of sp³-hybridized carbons (Fsp3) is 0.200. The first kappa shape index (κ1) is 15.9. The van der Waals surface area contributed by atoms with Gasteiger partial charge in [-0.1, -0.05) is 28.1 Å². The Labute approximate surface area is 144 Å². The third-order valence-electron chi connectivity index (χ3n) is 2.88. The van der Waals surface area contributed by atoms with E-state index in [1.54, 1.807) is 7.11 Å². The summed E-state index contributed by atoms with van der Waals surface area (Å²) in [5.41, 5.74) is 2.35. The van der Waals surface area contributed by atoms with Crippen molar-refractivity contribution in [3.8, 4) is 5.75 Å². The van der Waals surface area contributed by atoms with E-state index in [-0.39, 0.29) is 0 Å². The zero-order valence-electron chi connectivity index (χ0n) is 10.9.